The number of hydrogen-bond donors (Lipinski definition) is 0. The maximum atomic E-state index is 12.9. The van der Waals surface area contributed by atoms with Crippen molar-refractivity contribution >= 4 is 17.9 Å². The van der Waals surface area contributed by atoms with Gasteiger partial charge < -0.3 is 14.2 Å². The Labute approximate surface area is 421 Å². The van der Waals surface area contributed by atoms with E-state index in [1.165, 1.54) is 148 Å². The van der Waals surface area contributed by atoms with Gasteiger partial charge in [0.25, 0.3) is 0 Å². The number of rotatable bonds is 52. The van der Waals surface area contributed by atoms with Crippen LogP contribution in [0.15, 0.2) is 72.9 Å². The predicted molar refractivity (Wildman–Crippen MR) is 293 cm³/mol. The Morgan fingerprint density at radius 3 is 0.868 bits per heavy atom. The number of esters is 3. The van der Waals surface area contributed by atoms with Crippen LogP contribution in [-0.4, -0.2) is 37.2 Å². The van der Waals surface area contributed by atoms with Crippen molar-refractivity contribution in [2.75, 3.05) is 13.2 Å². The van der Waals surface area contributed by atoms with E-state index in [4.69, 9.17) is 14.2 Å². The maximum absolute atomic E-state index is 12.9. The molecule has 0 aliphatic carbocycles. The van der Waals surface area contributed by atoms with E-state index in [0.29, 0.717) is 19.3 Å². The van der Waals surface area contributed by atoms with Crippen LogP contribution in [0.25, 0.3) is 0 Å². The molecular weight excluding hydrogens is 841 g/mol. The molecule has 1 atom stereocenters. The first-order chi connectivity index (χ1) is 33.5. The zero-order valence-corrected chi connectivity index (χ0v) is 44.9. The Hall–Kier alpha value is -3.15. The minimum Gasteiger partial charge on any atom is -0.462 e. The lowest BCUT2D eigenvalue weighted by Gasteiger charge is -2.18. The number of hydrogen-bond acceptors (Lipinski definition) is 6. The van der Waals surface area contributed by atoms with Gasteiger partial charge in [-0.3, -0.25) is 14.4 Å². The average Bonchev–Trinajstić information content (AvgIpc) is 3.34. The summed E-state index contributed by atoms with van der Waals surface area (Å²) in [5.74, 6) is -0.917. The second-order valence-electron chi connectivity index (χ2n) is 19.2. The molecule has 0 spiro atoms. The molecule has 0 fully saturated rings. The third-order valence-electron chi connectivity index (χ3n) is 12.4. The van der Waals surface area contributed by atoms with Gasteiger partial charge in [-0.2, -0.15) is 0 Å². The van der Waals surface area contributed by atoms with Gasteiger partial charge in [-0.1, -0.05) is 241 Å². The summed E-state index contributed by atoms with van der Waals surface area (Å²) in [4.78, 5) is 38.2. The Morgan fingerprint density at radius 1 is 0.294 bits per heavy atom. The molecule has 0 unspecified atom stereocenters. The van der Waals surface area contributed by atoms with E-state index < -0.39 is 6.10 Å². The van der Waals surface area contributed by atoms with Gasteiger partial charge in [0.05, 0.1) is 0 Å². The highest BCUT2D eigenvalue weighted by Gasteiger charge is 2.19. The summed E-state index contributed by atoms with van der Waals surface area (Å²) < 4.78 is 16.8. The van der Waals surface area contributed by atoms with Crippen LogP contribution < -0.4 is 0 Å². The lowest BCUT2D eigenvalue weighted by Crippen LogP contribution is -2.30. The van der Waals surface area contributed by atoms with E-state index >= 15 is 0 Å². The van der Waals surface area contributed by atoms with Crippen LogP contribution in [0.5, 0.6) is 0 Å². The van der Waals surface area contributed by atoms with Crippen LogP contribution in [0.3, 0.4) is 0 Å². The molecule has 6 heteroatoms. The molecule has 0 heterocycles. The van der Waals surface area contributed by atoms with Gasteiger partial charge in [0.15, 0.2) is 6.10 Å². The summed E-state index contributed by atoms with van der Waals surface area (Å²) in [7, 11) is 0. The number of allylic oxidation sites excluding steroid dienone is 12. The fraction of sp³-hybridized carbons (Fsp3) is 0.758. The van der Waals surface area contributed by atoms with Crippen molar-refractivity contribution in [3.63, 3.8) is 0 Å². The predicted octanol–water partition coefficient (Wildman–Crippen LogP) is 19.4. The Morgan fingerprint density at radius 2 is 0.529 bits per heavy atom. The number of carbonyl (C=O) groups excluding carboxylic acids is 3. The number of unbranched alkanes of at least 4 members (excludes halogenated alkanes) is 29. The van der Waals surface area contributed by atoms with E-state index in [2.05, 4.69) is 93.7 Å². The lowest BCUT2D eigenvalue weighted by atomic mass is 10.0. The monoisotopic (exact) mass is 949 g/mol. The molecule has 0 N–H and O–H groups in total. The van der Waals surface area contributed by atoms with Crippen LogP contribution in [0, 0.1) is 0 Å². The molecule has 0 aromatic heterocycles. The summed E-state index contributed by atoms with van der Waals surface area (Å²) in [5, 5.41) is 0. The Balaban J connectivity index is 4.44. The first-order valence-electron chi connectivity index (χ1n) is 28.9. The zero-order chi connectivity index (χ0) is 49.3. The quantitative estimate of drug-likeness (QED) is 0.0262. The van der Waals surface area contributed by atoms with Crippen molar-refractivity contribution in [2.45, 2.75) is 290 Å². The normalized spacial score (nSPS) is 12.6. The van der Waals surface area contributed by atoms with Crippen LogP contribution in [0.1, 0.15) is 284 Å². The van der Waals surface area contributed by atoms with Crippen molar-refractivity contribution in [3.8, 4) is 0 Å². The van der Waals surface area contributed by atoms with Crippen molar-refractivity contribution < 1.29 is 28.6 Å². The van der Waals surface area contributed by atoms with Crippen LogP contribution in [0.2, 0.25) is 0 Å². The molecule has 0 rings (SSSR count). The fourth-order valence-corrected chi connectivity index (χ4v) is 8.04. The van der Waals surface area contributed by atoms with E-state index in [9.17, 15) is 14.4 Å². The summed E-state index contributed by atoms with van der Waals surface area (Å²) in [6.07, 6.45) is 71.7. The van der Waals surface area contributed by atoms with Gasteiger partial charge in [0.2, 0.25) is 0 Å². The molecule has 0 aromatic rings. The second-order valence-corrected chi connectivity index (χ2v) is 19.2. The summed E-state index contributed by atoms with van der Waals surface area (Å²) in [6, 6.07) is 0. The molecule has 68 heavy (non-hydrogen) atoms. The number of carbonyl (C=O) groups is 3. The third-order valence-corrected chi connectivity index (χ3v) is 12.4. The smallest absolute Gasteiger partial charge is 0.306 e. The second kappa shape index (κ2) is 56.4. The van der Waals surface area contributed by atoms with E-state index in [0.717, 1.165) is 96.3 Å². The molecule has 6 nitrogen and oxygen atoms in total. The SMILES string of the molecule is CCCCC/C=C\C/C=C\C/C=C\C/C=C\CCCCCC(=O)OC[C@@H](COC(=O)CCCCCCCCCCCCCCCC)OC(=O)CCCCCCCCC/C=C\C/C=C\CCCCC. The van der Waals surface area contributed by atoms with Crippen molar-refractivity contribution in [1.29, 1.82) is 0 Å². The highest BCUT2D eigenvalue weighted by molar-refractivity contribution is 5.71. The lowest BCUT2D eigenvalue weighted by molar-refractivity contribution is -0.167. The van der Waals surface area contributed by atoms with E-state index in [-0.39, 0.29) is 31.1 Å². The molecule has 0 aliphatic rings. The standard InChI is InChI=1S/C62H108O6/c1-4-7-10-13-16-19-22-25-28-30-31-33-34-37-40-43-46-49-52-55-61(64)67-58-59(57-66-60(63)54-51-48-45-42-39-36-27-24-21-18-15-12-9-6-3)68-62(65)56-53-50-47-44-41-38-35-32-29-26-23-20-17-14-11-8-5-2/h16-17,19-20,25-26,28-29,31,33,37,40,59H,4-15,18,21-24,27,30,32,34-36,38-39,41-58H2,1-3H3/b19-16-,20-17-,28-25-,29-26-,33-31-,40-37-/t59-/m1/s1. The molecular formula is C62H108O6. The highest BCUT2D eigenvalue weighted by atomic mass is 16.6. The largest absolute Gasteiger partial charge is 0.462 e. The Kier molecular flexibility index (Phi) is 53.8. The van der Waals surface area contributed by atoms with Crippen molar-refractivity contribution in [1.82, 2.24) is 0 Å². The van der Waals surface area contributed by atoms with Gasteiger partial charge in [-0.15, -0.1) is 0 Å². The Bertz CT molecular complexity index is 1270. The first kappa shape index (κ1) is 64.8. The fourth-order valence-electron chi connectivity index (χ4n) is 8.04. The molecule has 0 aromatic carbocycles. The average molecular weight is 950 g/mol. The third kappa shape index (κ3) is 53.8. The van der Waals surface area contributed by atoms with Gasteiger partial charge >= 0.3 is 17.9 Å². The minimum absolute atomic E-state index is 0.0868. The summed E-state index contributed by atoms with van der Waals surface area (Å²) in [5.41, 5.74) is 0. The zero-order valence-electron chi connectivity index (χ0n) is 44.9. The maximum Gasteiger partial charge on any atom is 0.306 e. The molecule has 0 aliphatic heterocycles. The molecule has 0 radical (unpaired) electrons. The van der Waals surface area contributed by atoms with Crippen molar-refractivity contribution in [2.24, 2.45) is 0 Å². The number of ether oxygens (including phenoxy) is 3. The van der Waals surface area contributed by atoms with Gasteiger partial charge in [0, 0.05) is 19.3 Å². The van der Waals surface area contributed by atoms with E-state index in [1.807, 2.05) is 0 Å². The molecule has 0 amide bonds. The first-order valence-corrected chi connectivity index (χ1v) is 28.9. The molecule has 0 bridgehead atoms. The van der Waals surface area contributed by atoms with Gasteiger partial charge in [-0.05, 0) is 96.3 Å². The highest BCUT2D eigenvalue weighted by Crippen LogP contribution is 2.15. The topological polar surface area (TPSA) is 78.9 Å². The van der Waals surface area contributed by atoms with Crippen LogP contribution >= 0.6 is 0 Å². The molecule has 0 saturated carbocycles. The van der Waals surface area contributed by atoms with Crippen LogP contribution in [0.4, 0.5) is 0 Å². The molecule has 392 valence electrons. The van der Waals surface area contributed by atoms with Crippen molar-refractivity contribution in [3.05, 3.63) is 72.9 Å². The van der Waals surface area contributed by atoms with Gasteiger partial charge in [-0.25, -0.2) is 0 Å². The summed E-state index contributed by atoms with van der Waals surface area (Å²) >= 11 is 0. The summed E-state index contributed by atoms with van der Waals surface area (Å²) in [6.45, 7) is 6.57. The van der Waals surface area contributed by atoms with E-state index in [1.54, 1.807) is 0 Å². The van der Waals surface area contributed by atoms with Crippen LogP contribution in [-0.2, 0) is 28.6 Å². The molecule has 0 saturated heterocycles. The van der Waals surface area contributed by atoms with Gasteiger partial charge in [0.1, 0.15) is 13.2 Å². The minimum atomic E-state index is -0.792.